The Morgan fingerprint density at radius 1 is 1.04 bits per heavy atom. The van der Waals surface area contributed by atoms with E-state index in [1.165, 1.54) is 6.20 Å². The first-order valence-corrected chi connectivity index (χ1v) is 8.43. The Morgan fingerprint density at radius 2 is 1.68 bits per heavy atom. The minimum absolute atomic E-state index is 0.0761. The zero-order valence-electron chi connectivity index (χ0n) is 14.7. The lowest BCUT2D eigenvalue weighted by molar-refractivity contribution is -0.143. The summed E-state index contributed by atoms with van der Waals surface area (Å²) in [6.45, 7) is 3.30. The molecule has 1 aromatic carbocycles. The Balaban J connectivity index is 1.98. The van der Waals surface area contributed by atoms with Crippen molar-refractivity contribution in [3.63, 3.8) is 0 Å². The van der Waals surface area contributed by atoms with Crippen molar-refractivity contribution in [1.29, 1.82) is 0 Å². The van der Waals surface area contributed by atoms with Gasteiger partial charge in [-0.2, -0.15) is 31.3 Å². The van der Waals surface area contributed by atoms with Gasteiger partial charge in [0, 0.05) is 30.5 Å². The Kier molecular flexibility index (Phi) is 5.22. The van der Waals surface area contributed by atoms with Crippen LogP contribution in [0.4, 0.5) is 43.8 Å². The van der Waals surface area contributed by atoms with Crippen LogP contribution in [0.25, 0.3) is 6.08 Å². The zero-order chi connectivity index (χ0) is 20.5. The fourth-order valence-electron chi connectivity index (χ4n) is 2.83. The minimum Gasteiger partial charge on any atom is -0.352 e. The average molecular weight is 402 g/mol. The third kappa shape index (κ3) is 4.37. The summed E-state index contributed by atoms with van der Waals surface area (Å²) in [6, 6.07) is 1.27. The summed E-state index contributed by atoms with van der Waals surface area (Å²) in [5, 5.41) is 2.47. The second kappa shape index (κ2) is 7.33. The number of anilines is 3. The van der Waals surface area contributed by atoms with Crippen molar-refractivity contribution in [2.24, 2.45) is 0 Å². The summed E-state index contributed by atoms with van der Waals surface area (Å²) >= 11 is 0. The highest BCUT2D eigenvalue weighted by Gasteiger charge is 2.37. The van der Waals surface area contributed by atoms with Gasteiger partial charge in [0.05, 0.1) is 11.1 Å². The molecule has 10 heteroatoms. The Morgan fingerprint density at radius 3 is 2.25 bits per heavy atom. The molecule has 0 amide bonds. The molecule has 0 bridgehead atoms. The number of hydrogen-bond donors (Lipinski definition) is 1. The summed E-state index contributed by atoms with van der Waals surface area (Å²) in [6.07, 6.45) is -3.77. The van der Waals surface area contributed by atoms with Crippen LogP contribution in [0.1, 0.15) is 30.0 Å². The third-order valence-corrected chi connectivity index (χ3v) is 4.06. The molecule has 2 aromatic rings. The van der Waals surface area contributed by atoms with E-state index in [1.807, 2.05) is 24.0 Å². The van der Waals surface area contributed by atoms with Crippen molar-refractivity contribution in [3.05, 3.63) is 47.2 Å². The number of nitrogens with one attached hydrogen (secondary N) is 1. The molecule has 2 heterocycles. The summed E-state index contributed by atoms with van der Waals surface area (Å²) in [7, 11) is 0. The van der Waals surface area contributed by atoms with E-state index in [2.05, 4.69) is 15.3 Å². The minimum atomic E-state index is -4.92. The Hall–Kier alpha value is -2.78. The molecule has 1 N–H and O–H groups in total. The molecule has 0 atom stereocenters. The summed E-state index contributed by atoms with van der Waals surface area (Å²) < 4.78 is 78.0. The molecule has 0 fully saturated rings. The highest BCUT2D eigenvalue weighted by molar-refractivity contribution is 5.69. The first-order valence-electron chi connectivity index (χ1n) is 8.43. The maximum atomic E-state index is 13.0. The molecule has 0 saturated carbocycles. The van der Waals surface area contributed by atoms with E-state index in [0.29, 0.717) is 31.0 Å². The summed E-state index contributed by atoms with van der Waals surface area (Å²) in [5.41, 5.74) is -2.47. The number of aromatic nitrogens is 2. The average Bonchev–Trinajstić information content (AvgIpc) is 2.61. The first-order chi connectivity index (χ1) is 13.1. The maximum absolute atomic E-state index is 13.0. The van der Waals surface area contributed by atoms with E-state index in [4.69, 9.17) is 0 Å². The van der Waals surface area contributed by atoms with Crippen LogP contribution in [0.5, 0.6) is 0 Å². The van der Waals surface area contributed by atoms with E-state index >= 15 is 0 Å². The van der Waals surface area contributed by atoms with Crippen LogP contribution >= 0.6 is 0 Å². The van der Waals surface area contributed by atoms with Gasteiger partial charge < -0.3 is 10.2 Å². The number of alkyl halides is 6. The van der Waals surface area contributed by atoms with Crippen molar-refractivity contribution in [1.82, 2.24) is 9.97 Å². The SMILES string of the molecule is CCCN1CC=Cc2cnc(Nc3cc(C(F)(F)F)cc(C(F)(F)F)c3)nc21. The smallest absolute Gasteiger partial charge is 0.352 e. The molecule has 28 heavy (non-hydrogen) atoms. The van der Waals surface area contributed by atoms with E-state index < -0.39 is 29.2 Å². The number of rotatable bonds is 4. The predicted octanol–water partition coefficient (Wildman–Crippen LogP) is 5.50. The van der Waals surface area contributed by atoms with Gasteiger partial charge in [0.2, 0.25) is 5.95 Å². The number of halogens is 6. The second-order valence-corrected chi connectivity index (χ2v) is 6.24. The molecule has 3 rings (SSSR count). The van der Waals surface area contributed by atoms with Crippen LogP contribution in [0, 0.1) is 0 Å². The van der Waals surface area contributed by atoms with Crippen molar-refractivity contribution >= 4 is 23.5 Å². The molecule has 0 unspecified atom stereocenters. The molecular weight excluding hydrogens is 386 g/mol. The molecular formula is C18H16F6N4. The van der Waals surface area contributed by atoms with E-state index in [-0.39, 0.29) is 12.0 Å². The monoisotopic (exact) mass is 402 g/mol. The fraction of sp³-hybridized carbons (Fsp3) is 0.333. The lowest BCUT2D eigenvalue weighted by Gasteiger charge is -2.26. The largest absolute Gasteiger partial charge is 0.416 e. The molecule has 0 spiro atoms. The standard InChI is InChI=1S/C18H16F6N4/c1-2-5-28-6-3-4-11-10-25-16(27-15(11)28)26-14-8-12(17(19,20)21)7-13(9-14)18(22,23)24/h3-4,7-10H,2,5-6H2,1H3,(H,25,26,27). The van der Waals surface area contributed by atoms with Crippen LogP contribution in [-0.4, -0.2) is 23.1 Å². The molecule has 0 aliphatic carbocycles. The number of nitrogens with zero attached hydrogens (tertiary/aromatic N) is 3. The first kappa shape index (κ1) is 20.0. The number of fused-ring (bicyclic) bond motifs is 1. The van der Waals surface area contributed by atoms with Crippen LogP contribution in [0.15, 0.2) is 30.5 Å². The van der Waals surface area contributed by atoms with Crippen LogP contribution < -0.4 is 10.2 Å². The van der Waals surface area contributed by atoms with Gasteiger partial charge >= 0.3 is 12.4 Å². The second-order valence-electron chi connectivity index (χ2n) is 6.24. The van der Waals surface area contributed by atoms with Gasteiger partial charge in [-0.15, -0.1) is 0 Å². The van der Waals surface area contributed by atoms with E-state index in [0.717, 1.165) is 12.0 Å². The predicted molar refractivity (Wildman–Crippen MR) is 93.3 cm³/mol. The van der Waals surface area contributed by atoms with E-state index in [1.54, 1.807) is 0 Å². The highest BCUT2D eigenvalue weighted by atomic mass is 19.4. The summed E-state index contributed by atoms with van der Waals surface area (Å²) in [5.74, 6) is 0.493. The van der Waals surface area contributed by atoms with Gasteiger partial charge in [-0.3, -0.25) is 0 Å². The van der Waals surface area contributed by atoms with Crippen LogP contribution in [0.2, 0.25) is 0 Å². The van der Waals surface area contributed by atoms with Crippen molar-refractivity contribution in [3.8, 4) is 0 Å². The zero-order valence-corrected chi connectivity index (χ0v) is 14.7. The van der Waals surface area contributed by atoms with Crippen LogP contribution in [-0.2, 0) is 12.4 Å². The van der Waals surface area contributed by atoms with Gasteiger partial charge in [-0.05, 0) is 24.6 Å². The normalized spacial score (nSPS) is 14.2. The van der Waals surface area contributed by atoms with Crippen molar-refractivity contribution in [2.45, 2.75) is 25.7 Å². The van der Waals surface area contributed by atoms with Crippen LogP contribution in [0.3, 0.4) is 0 Å². The molecule has 0 radical (unpaired) electrons. The van der Waals surface area contributed by atoms with Gasteiger partial charge in [0.1, 0.15) is 5.82 Å². The van der Waals surface area contributed by atoms with E-state index in [9.17, 15) is 26.3 Å². The fourth-order valence-corrected chi connectivity index (χ4v) is 2.83. The lowest BCUT2D eigenvalue weighted by atomic mass is 10.1. The quantitative estimate of drug-likeness (QED) is 0.686. The van der Waals surface area contributed by atoms with Gasteiger partial charge in [0.15, 0.2) is 0 Å². The maximum Gasteiger partial charge on any atom is 0.416 e. The van der Waals surface area contributed by atoms with Gasteiger partial charge in [0.25, 0.3) is 0 Å². The third-order valence-electron chi connectivity index (χ3n) is 4.06. The Labute approximate surface area is 156 Å². The van der Waals surface area contributed by atoms with Crippen molar-refractivity contribution < 1.29 is 26.3 Å². The van der Waals surface area contributed by atoms with Gasteiger partial charge in [-0.25, -0.2) is 4.98 Å². The number of benzene rings is 1. The summed E-state index contributed by atoms with van der Waals surface area (Å²) in [4.78, 5) is 10.2. The highest BCUT2D eigenvalue weighted by Crippen LogP contribution is 2.38. The molecule has 150 valence electrons. The molecule has 1 aliphatic heterocycles. The topological polar surface area (TPSA) is 41.1 Å². The molecule has 0 saturated heterocycles. The number of hydrogen-bond acceptors (Lipinski definition) is 4. The molecule has 1 aromatic heterocycles. The lowest BCUT2D eigenvalue weighted by Crippen LogP contribution is -2.28. The molecule has 1 aliphatic rings. The van der Waals surface area contributed by atoms with Crippen molar-refractivity contribution in [2.75, 3.05) is 23.3 Å². The van der Waals surface area contributed by atoms with Gasteiger partial charge in [-0.1, -0.05) is 19.1 Å². The Bertz CT molecular complexity index is 856. The molecule has 4 nitrogen and oxygen atoms in total.